The Morgan fingerprint density at radius 3 is 2.66 bits per heavy atom. The molecule has 1 aromatic heterocycles. The molecular weight excluding hydrogens is 428 g/mol. The maximum atomic E-state index is 13.3. The number of benzene rings is 1. The number of hydrogen-bond donors (Lipinski definition) is 1. The lowest BCUT2D eigenvalue weighted by atomic mass is 10.2. The van der Waals surface area contributed by atoms with E-state index in [4.69, 9.17) is 21.3 Å². The second-order valence-electron chi connectivity index (χ2n) is 9.01. The second-order valence-corrected chi connectivity index (χ2v) is 9.42. The van der Waals surface area contributed by atoms with Gasteiger partial charge in [0.1, 0.15) is 17.1 Å². The molecule has 1 N–H and O–H groups in total. The van der Waals surface area contributed by atoms with Crippen LogP contribution in [0.1, 0.15) is 22.3 Å². The number of amides is 1. The molecule has 3 fully saturated rings. The van der Waals surface area contributed by atoms with Gasteiger partial charge in [0, 0.05) is 52.0 Å². The molecule has 32 heavy (non-hydrogen) atoms. The summed E-state index contributed by atoms with van der Waals surface area (Å²) in [5, 5.41) is 3.93. The first-order valence-electron chi connectivity index (χ1n) is 11.2. The van der Waals surface area contributed by atoms with Gasteiger partial charge in [-0.05, 0) is 43.0 Å². The molecule has 1 aromatic carbocycles. The van der Waals surface area contributed by atoms with E-state index in [0.717, 1.165) is 43.6 Å². The van der Waals surface area contributed by atoms with Gasteiger partial charge in [-0.1, -0.05) is 17.7 Å². The number of piperidine rings is 1. The third kappa shape index (κ3) is 4.34. The van der Waals surface area contributed by atoms with Crippen molar-refractivity contribution in [3.05, 3.63) is 40.5 Å². The van der Waals surface area contributed by atoms with Crippen molar-refractivity contribution in [3.8, 4) is 5.75 Å². The molecular formula is C23H29ClN6O2. The molecule has 0 radical (unpaired) electrons. The highest BCUT2D eigenvalue weighted by molar-refractivity contribution is 6.32. The number of halogens is 1. The molecule has 3 aliphatic rings. The van der Waals surface area contributed by atoms with Gasteiger partial charge in [-0.15, -0.1) is 0 Å². The van der Waals surface area contributed by atoms with E-state index in [-0.39, 0.29) is 5.91 Å². The van der Waals surface area contributed by atoms with E-state index in [0.29, 0.717) is 47.7 Å². The number of hydrogen-bond acceptors (Lipinski definition) is 7. The van der Waals surface area contributed by atoms with Gasteiger partial charge in [-0.2, -0.15) is 4.98 Å². The van der Waals surface area contributed by atoms with Gasteiger partial charge in [-0.25, -0.2) is 4.98 Å². The Balaban J connectivity index is 1.38. The van der Waals surface area contributed by atoms with Crippen molar-refractivity contribution in [1.29, 1.82) is 0 Å². The van der Waals surface area contributed by atoms with Gasteiger partial charge in [-0.3, -0.25) is 4.79 Å². The number of rotatable bonds is 6. The van der Waals surface area contributed by atoms with Crippen LogP contribution in [0.5, 0.6) is 5.75 Å². The summed E-state index contributed by atoms with van der Waals surface area (Å²) in [7, 11) is 3.67. The van der Waals surface area contributed by atoms with Gasteiger partial charge in [0.25, 0.3) is 5.91 Å². The van der Waals surface area contributed by atoms with Gasteiger partial charge in [0.15, 0.2) is 0 Å². The molecule has 2 unspecified atom stereocenters. The summed E-state index contributed by atoms with van der Waals surface area (Å²) in [4.78, 5) is 29.0. The van der Waals surface area contributed by atoms with Gasteiger partial charge in [0.05, 0.1) is 12.1 Å². The first kappa shape index (κ1) is 21.3. The fourth-order valence-corrected chi connectivity index (χ4v) is 4.84. The molecule has 9 heteroatoms. The van der Waals surface area contributed by atoms with Crippen LogP contribution in [0.15, 0.2) is 24.4 Å². The largest absolute Gasteiger partial charge is 0.495 e. The molecule has 170 valence electrons. The zero-order chi connectivity index (χ0) is 22.2. The highest BCUT2D eigenvalue weighted by Crippen LogP contribution is 2.45. The van der Waals surface area contributed by atoms with Crippen LogP contribution in [-0.2, 0) is 6.54 Å². The third-order valence-electron chi connectivity index (χ3n) is 6.73. The zero-order valence-corrected chi connectivity index (χ0v) is 19.3. The Morgan fingerprint density at radius 2 is 1.97 bits per heavy atom. The highest BCUT2D eigenvalue weighted by Gasteiger charge is 2.46. The monoisotopic (exact) mass is 456 g/mol. The van der Waals surface area contributed by atoms with Crippen molar-refractivity contribution in [1.82, 2.24) is 19.8 Å². The number of anilines is 2. The van der Waals surface area contributed by atoms with Crippen molar-refractivity contribution in [3.63, 3.8) is 0 Å². The summed E-state index contributed by atoms with van der Waals surface area (Å²) in [6, 6.07) is 5.67. The van der Waals surface area contributed by atoms with Crippen molar-refractivity contribution >= 4 is 29.3 Å². The average Bonchev–Trinajstić information content (AvgIpc) is 3.42. The number of carbonyl (C=O) groups is 1. The van der Waals surface area contributed by atoms with E-state index in [2.05, 4.69) is 27.1 Å². The SMILES string of the molecule is COc1ccc(CNc2nc(N3CC4CC4C3)ncc2C(=O)N2CCN(C)CC2)cc1Cl. The molecule has 2 saturated heterocycles. The fraction of sp³-hybridized carbons (Fsp3) is 0.522. The predicted molar refractivity (Wildman–Crippen MR) is 125 cm³/mol. The lowest BCUT2D eigenvalue weighted by molar-refractivity contribution is 0.0664. The van der Waals surface area contributed by atoms with Gasteiger partial charge in [0.2, 0.25) is 5.95 Å². The lowest BCUT2D eigenvalue weighted by Gasteiger charge is -2.32. The topological polar surface area (TPSA) is 73.8 Å². The Kier molecular flexibility index (Phi) is 5.82. The van der Waals surface area contributed by atoms with Gasteiger partial charge >= 0.3 is 0 Å². The Bertz CT molecular complexity index is 1000. The Morgan fingerprint density at radius 1 is 1.22 bits per heavy atom. The molecule has 2 aliphatic heterocycles. The van der Waals surface area contributed by atoms with E-state index in [1.165, 1.54) is 6.42 Å². The van der Waals surface area contributed by atoms with E-state index < -0.39 is 0 Å². The maximum absolute atomic E-state index is 13.3. The van der Waals surface area contributed by atoms with E-state index in [1.54, 1.807) is 13.3 Å². The van der Waals surface area contributed by atoms with Crippen LogP contribution >= 0.6 is 11.6 Å². The third-order valence-corrected chi connectivity index (χ3v) is 7.03. The Hall–Kier alpha value is -2.58. The normalized spacial score (nSPS) is 22.6. The molecule has 3 heterocycles. The van der Waals surface area contributed by atoms with Crippen LogP contribution in [0, 0.1) is 11.8 Å². The summed E-state index contributed by atoms with van der Waals surface area (Å²) in [6.45, 7) is 5.66. The molecule has 1 saturated carbocycles. The molecule has 0 spiro atoms. The number of carbonyl (C=O) groups excluding carboxylic acids is 1. The summed E-state index contributed by atoms with van der Waals surface area (Å²) in [5.74, 6) is 3.45. The van der Waals surface area contributed by atoms with Crippen LogP contribution in [0.3, 0.4) is 0 Å². The van der Waals surface area contributed by atoms with Crippen LogP contribution in [0.4, 0.5) is 11.8 Å². The molecule has 5 rings (SSSR count). The number of likely N-dealkylation sites (N-methyl/N-ethyl adjacent to an activating group) is 1. The number of ether oxygens (including phenoxy) is 1. The summed E-state index contributed by atoms with van der Waals surface area (Å²) in [6.07, 6.45) is 3.01. The number of nitrogens with zero attached hydrogens (tertiary/aromatic N) is 5. The average molecular weight is 457 g/mol. The molecule has 0 bridgehead atoms. The van der Waals surface area contributed by atoms with Crippen molar-refractivity contribution < 1.29 is 9.53 Å². The quantitative estimate of drug-likeness (QED) is 0.716. The smallest absolute Gasteiger partial charge is 0.259 e. The van der Waals surface area contributed by atoms with Crippen LogP contribution in [-0.4, -0.2) is 79.1 Å². The standard InChI is InChI=1S/C23H29ClN6O2/c1-28-5-7-29(8-6-28)22(31)18-12-26-23(30-13-16-10-17(16)14-30)27-21(18)25-11-15-3-4-20(32-2)19(24)9-15/h3-4,9,12,16-17H,5-8,10-11,13-14H2,1-2H3,(H,25,26,27). The van der Waals surface area contributed by atoms with Crippen molar-refractivity contribution in [2.45, 2.75) is 13.0 Å². The predicted octanol–water partition coefficient (Wildman–Crippen LogP) is 2.59. The number of aromatic nitrogens is 2. The zero-order valence-electron chi connectivity index (χ0n) is 18.6. The molecule has 2 aromatic rings. The van der Waals surface area contributed by atoms with E-state index >= 15 is 0 Å². The maximum Gasteiger partial charge on any atom is 0.259 e. The molecule has 1 amide bonds. The molecule has 8 nitrogen and oxygen atoms in total. The summed E-state index contributed by atoms with van der Waals surface area (Å²) in [5.41, 5.74) is 1.50. The summed E-state index contributed by atoms with van der Waals surface area (Å²) < 4.78 is 5.24. The molecule has 1 aliphatic carbocycles. The molecule has 2 atom stereocenters. The van der Waals surface area contributed by atoms with Crippen molar-refractivity contribution in [2.24, 2.45) is 11.8 Å². The Labute approximate surface area is 193 Å². The minimum atomic E-state index is -0.0239. The van der Waals surface area contributed by atoms with E-state index in [1.807, 2.05) is 23.1 Å². The first-order chi connectivity index (χ1) is 15.5. The number of piperazine rings is 1. The summed E-state index contributed by atoms with van der Waals surface area (Å²) >= 11 is 6.29. The van der Waals surface area contributed by atoms with E-state index in [9.17, 15) is 4.79 Å². The number of nitrogens with one attached hydrogen (secondary N) is 1. The minimum absolute atomic E-state index is 0.0239. The lowest BCUT2D eigenvalue weighted by Crippen LogP contribution is -2.47. The first-order valence-corrected chi connectivity index (χ1v) is 11.6. The van der Waals surface area contributed by atoms with Crippen molar-refractivity contribution in [2.75, 3.05) is 63.6 Å². The van der Waals surface area contributed by atoms with Crippen LogP contribution < -0.4 is 15.0 Å². The van der Waals surface area contributed by atoms with Gasteiger partial charge < -0.3 is 24.8 Å². The minimum Gasteiger partial charge on any atom is -0.495 e. The number of fused-ring (bicyclic) bond motifs is 1. The highest BCUT2D eigenvalue weighted by atomic mass is 35.5. The van der Waals surface area contributed by atoms with Crippen LogP contribution in [0.25, 0.3) is 0 Å². The second kappa shape index (κ2) is 8.75. The van der Waals surface area contributed by atoms with Crippen LogP contribution in [0.2, 0.25) is 5.02 Å². The number of methoxy groups -OCH3 is 1. The fourth-order valence-electron chi connectivity index (χ4n) is 4.56.